The summed E-state index contributed by atoms with van der Waals surface area (Å²) in [5, 5.41) is 4.10. The van der Waals surface area contributed by atoms with E-state index in [1.807, 2.05) is 4.90 Å². The lowest BCUT2D eigenvalue weighted by Gasteiger charge is -2.18. The second kappa shape index (κ2) is 5.77. The molecule has 1 aromatic heterocycles. The number of carbonyl (C=O) groups excluding carboxylic acids is 1. The third-order valence-electron chi connectivity index (χ3n) is 4.57. The third-order valence-corrected chi connectivity index (χ3v) is 5.32. The summed E-state index contributed by atoms with van der Waals surface area (Å²) < 4.78 is 9.40. The van der Waals surface area contributed by atoms with E-state index in [0.717, 1.165) is 49.3 Å². The molecule has 0 N–H and O–H groups in total. The number of rotatable bonds is 4. The number of aromatic nitrogens is 2. The minimum absolute atomic E-state index is 0.131. The quantitative estimate of drug-likeness (QED) is 0.852. The number of hydrogen-bond donors (Lipinski definition) is 0. The van der Waals surface area contributed by atoms with Gasteiger partial charge in [-0.05, 0) is 42.6 Å². The summed E-state index contributed by atoms with van der Waals surface area (Å²) in [5.74, 6) is 1.35. The lowest BCUT2D eigenvalue weighted by Crippen LogP contribution is -2.30. The van der Waals surface area contributed by atoms with Crippen molar-refractivity contribution in [2.45, 2.75) is 38.7 Å². The standard InChI is InChI=1S/C14H21N3O2S/c1-3-4-12-13(20-16-15-12)14(18)17-7-9-5-11(19-2)6-10(9)8-17/h9-11H,3-8H2,1-2H3/t9-,10+,11?. The van der Waals surface area contributed by atoms with E-state index in [-0.39, 0.29) is 5.91 Å². The molecule has 20 heavy (non-hydrogen) atoms. The molecule has 110 valence electrons. The number of likely N-dealkylation sites (tertiary alicyclic amines) is 1. The summed E-state index contributed by atoms with van der Waals surface area (Å²) in [4.78, 5) is 15.4. The molecule has 3 atom stereocenters. The highest BCUT2D eigenvalue weighted by Gasteiger charge is 2.43. The van der Waals surface area contributed by atoms with Gasteiger partial charge >= 0.3 is 0 Å². The molecule has 1 aromatic rings. The van der Waals surface area contributed by atoms with Crippen LogP contribution in [0.4, 0.5) is 0 Å². The number of amides is 1. The summed E-state index contributed by atoms with van der Waals surface area (Å²) in [5.41, 5.74) is 0.870. The monoisotopic (exact) mass is 295 g/mol. The second-order valence-corrected chi connectivity index (χ2v) is 6.61. The maximum absolute atomic E-state index is 12.6. The van der Waals surface area contributed by atoms with Gasteiger partial charge in [-0.25, -0.2) is 0 Å². The summed E-state index contributed by atoms with van der Waals surface area (Å²) in [6.45, 7) is 3.83. The first-order chi connectivity index (χ1) is 9.72. The molecule has 1 unspecified atom stereocenters. The minimum atomic E-state index is 0.131. The first-order valence-electron chi connectivity index (χ1n) is 7.36. The average molecular weight is 295 g/mol. The van der Waals surface area contributed by atoms with E-state index in [4.69, 9.17) is 4.74 Å². The summed E-state index contributed by atoms with van der Waals surface area (Å²) >= 11 is 1.24. The third kappa shape index (κ3) is 2.46. The van der Waals surface area contributed by atoms with Gasteiger partial charge < -0.3 is 9.64 Å². The first-order valence-corrected chi connectivity index (χ1v) is 8.13. The van der Waals surface area contributed by atoms with Crippen LogP contribution in [0.15, 0.2) is 0 Å². The molecule has 1 aliphatic heterocycles. The molecule has 2 fully saturated rings. The lowest BCUT2D eigenvalue weighted by atomic mass is 10.0. The molecule has 1 saturated heterocycles. The van der Waals surface area contributed by atoms with Crippen LogP contribution in [-0.4, -0.2) is 46.7 Å². The normalized spacial score (nSPS) is 28.9. The molecule has 0 aromatic carbocycles. The van der Waals surface area contributed by atoms with E-state index in [9.17, 15) is 4.79 Å². The molecular formula is C14H21N3O2S. The first kappa shape index (κ1) is 13.9. The summed E-state index contributed by atoms with van der Waals surface area (Å²) in [6.07, 6.45) is 4.40. The number of ether oxygens (including phenoxy) is 1. The van der Waals surface area contributed by atoms with Crippen LogP contribution in [0, 0.1) is 11.8 Å². The van der Waals surface area contributed by atoms with Gasteiger partial charge in [-0.2, -0.15) is 0 Å². The zero-order valence-corrected chi connectivity index (χ0v) is 12.9. The lowest BCUT2D eigenvalue weighted by molar-refractivity contribution is 0.0734. The van der Waals surface area contributed by atoms with Crippen molar-refractivity contribution in [3.05, 3.63) is 10.6 Å². The van der Waals surface area contributed by atoms with Gasteiger partial charge in [0, 0.05) is 20.2 Å². The molecule has 0 radical (unpaired) electrons. The molecule has 1 aliphatic carbocycles. The number of fused-ring (bicyclic) bond motifs is 1. The zero-order chi connectivity index (χ0) is 14.1. The topological polar surface area (TPSA) is 55.3 Å². The SMILES string of the molecule is CCCc1nnsc1C(=O)N1C[C@H]2CC(OC)C[C@H]2C1. The van der Waals surface area contributed by atoms with Crippen molar-refractivity contribution in [3.8, 4) is 0 Å². The Kier molecular flexibility index (Phi) is 4.03. The number of methoxy groups -OCH3 is 1. The van der Waals surface area contributed by atoms with E-state index in [0.29, 0.717) is 17.9 Å². The van der Waals surface area contributed by atoms with Crippen molar-refractivity contribution in [1.82, 2.24) is 14.5 Å². The maximum atomic E-state index is 12.6. The highest BCUT2D eigenvalue weighted by atomic mass is 32.1. The Morgan fingerprint density at radius 3 is 2.70 bits per heavy atom. The molecule has 6 heteroatoms. The highest BCUT2D eigenvalue weighted by Crippen LogP contribution is 2.39. The second-order valence-electron chi connectivity index (χ2n) is 5.86. The van der Waals surface area contributed by atoms with Crippen LogP contribution in [0.25, 0.3) is 0 Å². The fourth-order valence-corrected chi connectivity index (χ4v) is 4.19. The summed E-state index contributed by atoms with van der Waals surface area (Å²) in [7, 11) is 1.79. The van der Waals surface area contributed by atoms with Crippen molar-refractivity contribution in [3.63, 3.8) is 0 Å². The Morgan fingerprint density at radius 1 is 1.40 bits per heavy atom. The predicted octanol–water partition coefficient (Wildman–Crippen LogP) is 1.99. The van der Waals surface area contributed by atoms with Gasteiger partial charge in [-0.15, -0.1) is 5.10 Å². The smallest absolute Gasteiger partial charge is 0.267 e. The Labute approximate surface area is 123 Å². The van der Waals surface area contributed by atoms with Crippen LogP contribution >= 0.6 is 11.5 Å². The van der Waals surface area contributed by atoms with Crippen LogP contribution < -0.4 is 0 Å². The number of carbonyl (C=O) groups is 1. The van der Waals surface area contributed by atoms with E-state index in [2.05, 4.69) is 16.5 Å². The Morgan fingerprint density at radius 2 is 2.10 bits per heavy atom. The molecule has 5 nitrogen and oxygen atoms in total. The Hall–Kier alpha value is -1.01. The van der Waals surface area contributed by atoms with Crippen LogP contribution in [0.1, 0.15) is 41.6 Å². The maximum Gasteiger partial charge on any atom is 0.267 e. The van der Waals surface area contributed by atoms with Gasteiger partial charge in [0.25, 0.3) is 5.91 Å². The van der Waals surface area contributed by atoms with E-state index in [1.54, 1.807) is 7.11 Å². The molecule has 1 saturated carbocycles. The van der Waals surface area contributed by atoms with Gasteiger partial charge in [0.2, 0.25) is 0 Å². The van der Waals surface area contributed by atoms with Crippen molar-refractivity contribution in [2.24, 2.45) is 11.8 Å². The molecule has 2 aliphatic rings. The molecule has 0 spiro atoms. The predicted molar refractivity (Wildman–Crippen MR) is 76.8 cm³/mol. The average Bonchev–Trinajstić information content (AvgIpc) is 3.11. The fraction of sp³-hybridized carbons (Fsp3) is 0.786. The van der Waals surface area contributed by atoms with Gasteiger partial charge in [-0.1, -0.05) is 17.8 Å². The highest BCUT2D eigenvalue weighted by molar-refractivity contribution is 7.08. The van der Waals surface area contributed by atoms with Crippen molar-refractivity contribution < 1.29 is 9.53 Å². The number of hydrogen-bond acceptors (Lipinski definition) is 5. The zero-order valence-electron chi connectivity index (χ0n) is 12.0. The minimum Gasteiger partial charge on any atom is -0.381 e. The van der Waals surface area contributed by atoms with Crippen molar-refractivity contribution in [1.29, 1.82) is 0 Å². The van der Waals surface area contributed by atoms with E-state index >= 15 is 0 Å². The van der Waals surface area contributed by atoms with Crippen LogP contribution in [0.3, 0.4) is 0 Å². The number of nitrogens with zero attached hydrogens (tertiary/aromatic N) is 3. The Bertz CT molecular complexity index is 477. The van der Waals surface area contributed by atoms with E-state index in [1.165, 1.54) is 11.5 Å². The van der Waals surface area contributed by atoms with Gasteiger partial charge in [0.15, 0.2) is 0 Å². The molecule has 1 amide bonds. The molecule has 3 rings (SSSR count). The molecular weight excluding hydrogens is 274 g/mol. The van der Waals surface area contributed by atoms with E-state index < -0.39 is 0 Å². The largest absolute Gasteiger partial charge is 0.381 e. The van der Waals surface area contributed by atoms with Gasteiger partial charge in [-0.3, -0.25) is 4.79 Å². The molecule has 2 heterocycles. The van der Waals surface area contributed by atoms with Crippen molar-refractivity contribution in [2.75, 3.05) is 20.2 Å². The molecule has 0 bridgehead atoms. The van der Waals surface area contributed by atoms with Crippen LogP contribution in [0.2, 0.25) is 0 Å². The van der Waals surface area contributed by atoms with Crippen LogP contribution in [-0.2, 0) is 11.2 Å². The fourth-order valence-electron chi connectivity index (χ4n) is 3.52. The van der Waals surface area contributed by atoms with Crippen LogP contribution in [0.5, 0.6) is 0 Å². The Balaban J connectivity index is 1.67. The van der Waals surface area contributed by atoms with Gasteiger partial charge in [0.05, 0.1) is 11.8 Å². The van der Waals surface area contributed by atoms with Gasteiger partial charge in [0.1, 0.15) is 4.88 Å². The summed E-state index contributed by atoms with van der Waals surface area (Å²) in [6, 6.07) is 0. The van der Waals surface area contributed by atoms with Crippen molar-refractivity contribution >= 4 is 17.4 Å². The number of aryl methyl sites for hydroxylation is 1.